The van der Waals surface area contributed by atoms with E-state index >= 15 is 0 Å². The van der Waals surface area contributed by atoms with E-state index in [2.05, 4.69) is 11.7 Å². The minimum absolute atomic E-state index is 0.358. The molecule has 0 atom stereocenters. The average molecular weight is 237 g/mol. The van der Waals surface area contributed by atoms with Gasteiger partial charge in [0, 0.05) is 6.54 Å². The van der Waals surface area contributed by atoms with Crippen molar-refractivity contribution in [1.82, 2.24) is 9.78 Å². The molecule has 2 nitrogen and oxygen atoms in total. The first kappa shape index (κ1) is 12.2. The number of aryl methyl sites for hydroxylation is 1. The third-order valence-electron chi connectivity index (χ3n) is 2.11. The molecular weight excluding hydrogens is 227 g/mol. The Morgan fingerprint density at radius 2 is 2.00 bits per heavy atom. The van der Waals surface area contributed by atoms with Crippen LogP contribution in [0.15, 0.2) is 12.1 Å². The van der Waals surface area contributed by atoms with Gasteiger partial charge < -0.3 is 12.9 Å². The molecule has 1 aromatic heterocycles. The average Bonchev–Trinajstić information content (AvgIpc) is 2.32. The summed E-state index contributed by atoms with van der Waals surface area (Å²) in [5.41, 5.74) is 0.268. The Bertz CT molecular complexity index is 397. The molecule has 1 rings (SSSR count). The van der Waals surface area contributed by atoms with Crippen LogP contribution < -0.4 is 0 Å². The molecule has 7 heteroatoms. The standard InChI is InChI=1S/C8H10BClF3N2/c1-5(9(11,12)13)4-15-7(3)8(10)6(2)14-15/h1,4H2,2-3H3/q-1. The molecule has 0 radical (unpaired) electrons. The van der Waals surface area contributed by atoms with Crippen LogP contribution in [-0.2, 0) is 6.54 Å². The molecule has 0 fully saturated rings. The molecule has 0 saturated carbocycles. The van der Waals surface area contributed by atoms with Crippen molar-refractivity contribution in [3.8, 4) is 0 Å². The minimum atomic E-state index is -5.01. The molecule has 0 amide bonds. The third kappa shape index (κ3) is 2.56. The molecule has 0 N–H and O–H groups in total. The van der Waals surface area contributed by atoms with Gasteiger partial charge in [-0.3, -0.25) is 4.68 Å². The summed E-state index contributed by atoms with van der Waals surface area (Å²) in [5.74, 6) is 0. The van der Waals surface area contributed by atoms with Gasteiger partial charge in [0.2, 0.25) is 0 Å². The highest BCUT2D eigenvalue weighted by Crippen LogP contribution is 2.23. The van der Waals surface area contributed by atoms with Gasteiger partial charge in [-0.1, -0.05) is 11.6 Å². The van der Waals surface area contributed by atoms with E-state index in [4.69, 9.17) is 11.6 Å². The minimum Gasteiger partial charge on any atom is -0.445 e. The van der Waals surface area contributed by atoms with Gasteiger partial charge in [0.05, 0.1) is 16.4 Å². The zero-order valence-corrected chi connectivity index (χ0v) is 9.15. The molecule has 0 saturated heterocycles. The van der Waals surface area contributed by atoms with Crippen LogP contribution >= 0.6 is 11.6 Å². The monoisotopic (exact) mass is 237 g/mol. The molecule has 1 aromatic rings. The second kappa shape index (κ2) is 3.92. The Morgan fingerprint density at radius 3 is 2.33 bits per heavy atom. The largest absolute Gasteiger partial charge is 0.506 e. The zero-order chi connectivity index (χ0) is 11.8. The fourth-order valence-corrected chi connectivity index (χ4v) is 1.26. The van der Waals surface area contributed by atoms with E-state index in [1.807, 2.05) is 0 Å². The van der Waals surface area contributed by atoms with Gasteiger partial charge in [0.25, 0.3) is 0 Å². The molecular formula is C8H10BClF3N2-. The number of hydrogen-bond donors (Lipinski definition) is 0. The summed E-state index contributed by atoms with van der Waals surface area (Å²) in [4.78, 5) is 0. The Kier molecular flexibility index (Phi) is 3.18. The van der Waals surface area contributed by atoms with Crippen LogP contribution in [0.25, 0.3) is 0 Å². The number of halogens is 4. The molecule has 0 aliphatic rings. The quantitative estimate of drug-likeness (QED) is 0.739. The number of allylic oxidation sites excluding steroid dienone is 1. The number of nitrogens with zero attached hydrogens (tertiary/aromatic N) is 2. The molecule has 0 unspecified atom stereocenters. The predicted molar refractivity (Wildman–Crippen MR) is 54.9 cm³/mol. The molecule has 0 aromatic carbocycles. The van der Waals surface area contributed by atoms with Crippen molar-refractivity contribution in [2.45, 2.75) is 20.4 Å². The Balaban J connectivity index is 2.91. The fourth-order valence-electron chi connectivity index (χ4n) is 1.12. The topological polar surface area (TPSA) is 17.8 Å². The van der Waals surface area contributed by atoms with E-state index in [1.54, 1.807) is 13.8 Å². The SMILES string of the molecule is C=C(Cn1nc(C)c(Cl)c1C)[B-](F)(F)F. The van der Waals surface area contributed by atoms with Crippen LogP contribution in [0.2, 0.25) is 5.02 Å². The van der Waals surface area contributed by atoms with E-state index in [1.165, 1.54) is 4.68 Å². The Hall–Kier alpha value is -0.905. The molecule has 84 valence electrons. The summed E-state index contributed by atoms with van der Waals surface area (Å²) < 4.78 is 38.0. The van der Waals surface area contributed by atoms with E-state index in [-0.39, 0.29) is 6.54 Å². The molecule has 15 heavy (non-hydrogen) atoms. The van der Waals surface area contributed by atoms with Crippen LogP contribution in [-0.4, -0.2) is 16.8 Å². The Morgan fingerprint density at radius 1 is 1.47 bits per heavy atom. The summed E-state index contributed by atoms with van der Waals surface area (Å²) in [6.45, 7) is 0.900. The normalized spacial score (nSPS) is 11.9. The first-order chi connectivity index (χ1) is 6.73. The van der Waals surface area contributed by atoms with E-state index in [0.717, 1.165) is 0 Å². The predicted octanol–water partition coefficient (Wildman–Crippen LogP) is 3.10. The molecule has 0 aliphatic carbocycles. The van der Waals surface area contributed by atoms with Crippen LogP contribution in [0.5, 0.6) is 0 Å². The third-order valence-corrected chi connectivity index (χ3v) is 2.66. The first-order valence-corrected chi connectivity index (χ1v) is 4.68. The van der Waals surface area contributed by atoms with Crippen LogP contribution in [0.1, 0.15) is 11.4 Å². The summed E-state index contributed by atoms with van der Waals surface area (Å²) in [6, 6.07) is 0. The summed E-state index contributed by atoms with van der Waals surface area (Å²) in [7, 11) is 0. The van der Waals surface area contributed by atoms with E-state index < -0.39 is 12.4 Å². The first-order valence-electron chi connectivity index (χ1n) is 4.30. The van der Waals surface area contributed by atoms with Gasteiger partial charge in [-0.15, -0.1) is 12.1 Å². The van der Waals surface area contributed by atoms with E-state index in [0.29, 0.717) is 16.4 Å². The Labute approximate surface area is 90.8 Å². The van der Waals surface area contributed by atoms with Crippen LogP contribution in [0.4, 0.5) is 12.9 Å². The number of aromatic nitrogens is 2. The van der Waals surface area contributed by atoms with Crippen molar-refractivity contribution < 1.29 is 12.9 Å². The molecule has 0 spiro atoms. The second-order valence-corrected chi connectivity index (χ2v) is 3.75. The van der Waals surface area contributed by atoms with Crippen molar-refractivity contribution in [2.75, 3.05) is 0 Å². The highest BCUT2D eigenvalue weighted by atomic mass is 35.5. The van der Waals surface area contributed by atoms with Gasteiger partial charge in [-0.25, -0.2) is 0 Å². The highest BCUT2D eigenvalue weighted by Gasteiger charge is 2.27. The smallest absolute Gasteiger partial charge is 0.445 e. The lowest BCUT2D eigenvalue weighted by Gasteiger charge is -2.18. The molecule has 0 bridgehead atoms. The lowest BCUT2D eigenvalue weighted by molar-refractivity contribution is 0.478. The maximum absolute atomic E-state index is 12.3. The van der Waals surface area contributed by atoms with Gasteiger partial charge >= 0.3 is 6.98 Å². The van der Waals surface area contributed by atoms with Crippen molar-refractivity contribution in [3.63, 3.8) is 0 Å². The maximum Gasteiger partial charge on any atom is 0.506 e. The summed E-state index contributed by atoms with van der Waals surface area (Å²) in [6.07, 6.45) is 0. The lowest BCUT2D eigenvalue weighted by atomic mass is 9.80. The fraction of sp³-hybridized carbons (Fsp3) is 0.375. The second-order valence-electron chi connectivity index (χ2n) is 3.38. The van der Waals surface area contributed by atoms with Crippen molar-refractivity contribution in [2.24, 2.45) is 0 Å². The van der Waals surface area contributed by atoms with Gasteiger partial charge in [0.1, 0.15) is 0 Å². The highest BCUT2D eigenvalue weighted by molar-refractivity contribution is 6.66. The lowest BCUT2D eigenvalue weighted by Crippen LogP contribution is -2.23. The molecule has 0 aliphatic heterocycles. The summed E-state index contributed by atoms with van der Waals surface area (Å²) in [5, 5.41) is 4.30. The van der Waals surface area contributed by atoms with E-state index in [9.17, 15) is 12.9 Å². The maximum atomic E-state index is 12.3. The van der Waals surface area contributed by atoms with Crippen molar-refractivity contribution >= 4 is 18.6 Å². The van der Waals surface area contributed by atoms with Crippen LogP contribution in [0.3, 0.4) is 0 Å². The van der Waals surface area contributed by atoms with Crippen molar-refractivity contribution in [1.29, 1.82) is 0 Å². The number of rotatable bonds is 3. The molecule has 1 heterocycles. The zero-order valence-electron chi connectivity index (χ0n) is 8.40. The summed E-state index contributed by atoms with van der Waals surface area (Å²) >= 11 is 5.81. The number of hydrogen-bond acceptors (Lipinski definition) is 1. The van der Waals surface area contributed by atoms with Gasteiger partial charge in [0.15, 0.2) is 0 Å². The van der Waals surface area contributed by atoms with Crippen molar-refractivity contribution in [3.05, 3.63) is 28.5 Å². The van der Waals surface area contributed by atoms with Crippen LogP contribution in [0, 0.1) is 13.8 Å². The van der Waals surface area contributed by atoms with Gasteiger partial charge in [-0.05, 0) is 13.8 Å². The van der Waals surface area contributed by atoms with Gasteiger partial charge in [-0.2, -0.15) is 5.10 Å².